The van der Waals surface area contributed by atoms with Gasteiger partial charge in [-0.3, -0.25) is 14.8 Å². The third-order valence-electron chi connectivity index (χ3n) is 3.05. The zero-order valence-electron chi connectivity index (χ0n) is 11.0. The van der Waals surface area contributed by atoms with E-state index >= 15 is 0 Å². The van der Waals surface area contributed by atoms with Gasteiger partial charge in [0.15, 0.2) is 5.69 Å². The summed E-state index contributed by atoms with van der Waals surface area (Å²) in [4.78, 5) is 10.4. The number of aliphatic hydroxyl groups excluding tert-OH is 2. The number of nitro groups is 1. The molecule has 0 aliphatic heterocycles. The first kappa shape index (κ1) is 17.8. The Bertz CT molecular complexity index is 418. The molecule has 0 saturated heterocycles. The van der Waals surface area contributed by atoms with Gasteiger partial charge in [-0.1, -0.05) is 0 Å². The first-order valence-electron chi connectivity index (χ1n) is 5.64. The molecule has 19 heavy (non-hydrogen) atoms. The molecule has 0 bridgehead atoms. The predicted molar refractivity (Wildman–Crippen MR) is 63.7 cm³/mol. The Balaban J connectivity index is 0.00000324. The van der Waals surface area contributed by atoms with Crippen LogP contribution in [0.1, 0.15) is 5.69 Å². The summed E-state index contributed by atoms with van der Waals surface area (Å²) in [6, 6.07) is 0. The molecule has 1 aromatic rings. The summed E-state index contributed by atoms with van der Waals surface area (Å²) in [5.74, 6) is 0. The number of aryl methyl sites for hydroxylation is 1. The average Bonchev–Trinajstić information content (AvgIpc) is 2.61. The van der Waals surface area contributed by atoms with Crippen LogP contribution in [-0.4, -0.2) is 62.8 Å². The van der Waals surface area contributed by atoms with Crippen molar-refractivity contribution in [3.05, 3.63) is 22.0 Å². The number of aliphatic hydroxyl groups is 2. The van der Waals surface area contributed by atoms with Crippen LogP contribution in [0.15, 0.2) is 6.20 Å². The number of quaternary nitrogens is 1. The molecule has 1 rings (SSSR count). The highest BCUT2D eigenvalue weighted by Gasteiger charge is 2.29. The molecule has 0 atom stereocenters. The topological polar surface area (TPSA) is 101 Å². The van der Waals surface area contributed by atoms with Crippen molar-refractivity contribution in [3.63, 3.8) is 0 Å². The molecule has 9 heteroatoms. The fourth-order valence-electron chi connectivity index (χ4n) is 1.90. The highest BCUT2D eigenvalue weighted by atomic mass is 35.5. The van der Waals surface area contributed by atoms with E-state index in [9.17, 15) is 10.1 Å². The standard InChI is InChI=1S/C10H19N4O4.ClH/c1-12-10(9(7-11-12)13(17)18)8-14(2,3-5-15)4-6-16;/h7,15-16H,3-6,8H2,1-2H3;1H/q+1;/p-1. The predicted octanol–water partition coefficient (Wildman–Crippen LogP) is -3.74. The van der Waals surface area contributed by atoms with E-state index in [0.29, 0.717) is 29.8 Å². The third kappa shape index (κ3) is 4.43. The Labute approximate surface area is 117 Å². The number of hydrogen-bond acceptors (Lipinski definition) is 5. The molecule has 1 heterocycles. The molecule has 0 radical (unpaired) electrons. The van der Waals surface area contributed by atoms with Crippen LogP contribution in [0.4, 0.5) is 5.69 Å². The number of hydrogen-bond donors (Lipinski definition) is 2. The Morgan fingerprint density at radius 3 is 2.37 bits per heavy atom. The molecule has 2 N–H and O–H groups in total. The van der Waals surface area contributed by atoms with Gasteiger partial charge < -0.3 is 27.1 Å². The molecule has 0 aromatic carbocycles. The maximum atomic E-state index is 10.9. The molecular formula is C10H19ClN4O4. The van der Waals surface area contributed by atoms with Crippen LogP contribution in [0.3, 0.4) is 0 Å². The molecular weight excluding hydrogens is 276 g/mol. The molecule has 110 valence electrons. The summed E-state index contributed by atoms with van der Waals surface area (Å²) < 4.78 is 1.79. The molecule has 0 aliphatic rings. The summed E-state index contributed by atoms with van der Waals surface area (Å²) >= 11 is 0. The van der Waals surface area contributed by atoms with Crippen LogP contribution in [0.5, 0.6) is 0 Å². The van der Waals surface area contributed by atoms with E-state index in [1.165, 1.54) is 10.9 Å². The smallest absolute Gasteiger partial charge is 0.316 e. The third-order valence-corrected chi connectivity index (χ3v) is 3.05. The lowest BCUT2D eigenvalue weighted by molar-refractivity contribution is -0.923. The van der Waals surface area contributed by atoms with Gasteiger partial charge in [0.05, 0.1) is 25.2 Å². The quantitative estimate of drug-likeness (QED) is 0.306. The lowest BCUT2D eigenvalue weighted by Crippen LogP contribution is -3.00. The molecule has 0 unspecified atom stereocenters. The summed E-state index contributed by atoms with van der Waals surface area (Å²) in [6.07, 6.45) is 1.22. The highest BCUT2D eigenvalue weighted by Crippen LogP contribution is 2.21. The van der Waals surface area contributed by atoms with E-state index in [1.807, 2.05) is 7.05 Å². The van der Waals surface area contributed by atoms with Crippen molar-refractivity contribution in [2.24, 2.45) is 7.05 Å². The van der Waals surface area contributed by atoms with Gasteiger partial charge in [0.25, 0.3) is 0 Å². The maximum absolute atomic E-state index is 10.9. The van der Waals surface area contributed by atoms with Gasteiger partial charge in [0.2, 0.25) is 0 Å². The Kier molecular flexibility index (Phi) is 6.91. The lowest BCUT2D eigenvalue weighted by atomic mass is 10.3. The second-order valence-electron chi connectivity index (χ2n) is 4.53. The van der Waals surface area contributed by atoms with Crippen LogP contribution in [0, 0.1) is 10.1 Å². The molecule has 0 saturated carbocycles. The number of rotatable bonds is 7. The van der Waals surface area contributed by atoms with Crippen molar-refractivity contribution < 1.29 is 32.0 Å². The van der Waals surface area contributed by atoms with Crippen molar-refractivity contribution in [1.29, 1.82) is 0 Å². The Morgan fingerprint density at radius 1 is 1.42 bits per heavy atom. The van der Waals surface area contributed by atoms with E-state index in [4.69, 9.17) is 10.2 Å². The van der Waals surface area contributed by atoms with E-state index < -0.39 is 4.92 Å². The van der Waals surface area contributed by atoms with Crippen LogP contribution < -0.4 is 12.4 Å². The molecule has 0 spiro atoms. The monoisotopic (exact) mass is 294 g/mol. The van der Waals surface area contributed by atoms with Crippen LogP contribution in [0.25, 0.3) is 0 Å². The molecule has 0 fully saturated rings. The molecule has 0 amide bonds. The van der Waals surface area contributed by atoms with E-state index in [2.05, 4.69) is 5.10 Å². The van der Waals surface area contributed by atoms with Crippen molar-refractivity contribution in [1.82, 2.24) is 9.78 Å². The van der Waals surface area contributed by atoms with Crippen molar-refractivity contribution in [2.45, 2.75) is 6.54 Å². The van der Waals surface area contributed by atoms with Gasteiger partial charge >= 0.3 is 5.69 Å². The lowest BCUT2D eigenvalue weighted by Gasteiger charge is -2.32. The summed E-state index contributed by atoms with van der Waals surface area (Å²) in [5.41, 5.74) is 0.460. The Hall–Kier alpha value is -1.22. The van der Waals surface area contributed by atoms with Gasteiger partial charge in [-0.15, -0.1) is 0 Å². The second-order valence-corrected chi connectivity index (χ2v) is 4.53. The minimum absolute atomic E-state index is 0. The van der Waals surface area contributed by atoms with Gasteiger partial charge in [-0.05, 0) is 0 Å². The van der Waals surface area contributed by atoms with Crippen molar-refractivity contribution in [3.8, 4) is 0 Å². The van der Waals surface area contributed by atoms with E-state index in [0.717, 1.165) is 0 Å². The van der Waals surface area contributed by atoms with Crippen LogP contribution in [0.2, 0.25) is 0 Å². The minimum atomic E-state index is -0.468. The largest absolute Gasteiger partial charge is 1.00 e. The van der Waals surface area contributed by atoms with Gasteiger partial charge in [0, 0.05) is 7.05 Å². The highest BCUT2D eigenvalue weighted by molar-refractivity contribution is 5.32. The van der Waals surface area contributed by atoms with E-state index in [1.54, 1.807) is 7.05 Å². The van der Waals surface area contributed by atoms with Gasteiger partial charge in [-0.25, -0.2) is 0 Å². The van der Waals surface area contributed by atoms with Crippen LogP contribution >= 0.6 is 0 Å². The van der Waals surface area contributed by atoms with Crippen LogP contribution in [-0.2, 0) is 13.6 Å². The average molecular weight is 295 g/mol. The van der Waals surface area contributed by atoms with Crippen molar-refractivity contribution >= 4 is 5.69 Å². The zero-order chi connectivity index (χ0) is 13.8. The minimum Gasteiger partial charge on any atom is -1.00 e. The summed E-state index contributed by atoms with van der Waals surface area (Å²) in [5, 5.41) is 32.9. The number of halogens is 1. The summed E-state index contributed by atoms with van der Waals surface area (Å²) in [6.45, 7) is 1.10. The fourth-order valence-corrected chi connectivity index (χ4v) is 1.90. The number of aromatic nitrogens is 2. The van der Waals surface area contributed by atoms with E-state index in [-0.39, 0.29) is 31.3 Å². The zero-order valence-corrected chi connectivity index (χ0v) is 11.7. The first-order valence-corrected chi connectivity index (χ1v) is 5.64. The van der Waals surface area contributed by atoms with Crippen molar-refractivity contribution in [2.75, 3.05) is 33.4 Å². The van der Waals surface area contributed by atoms with Gasteiger partial charge in [-0.2, -0.15) is 5.10 Å². The number of likely N-dealkylation sites (N-methyl/N-ethyl adjacent to an activating group) is 1. The van der Waals surface area contributed by atoms with Gasteiger partial charge in [0.1, 0.15) is 25.8 Å². The molecule has 8 nitrogen and oxygen atoms in total. The first-order chi connectivity index (χ1) is 8.43. The molecule has 1 aromatic heterocycles. The maximum Gasteiger partial charge on any atom is 0.316 e. The SMILES string of the molecule is Cn1ncc([N+](=O)[O-])c1C[N+](C)(CCO)CCO.[Cl-]. The Morgan fingerprint density at radius 2 is 1.95 bits per heavy atom. The fraction of sp³-hybridized carbons (Fsp3) is 0.700. The normalized spacial score (nSPS) is 11.2. The molecule has 0 aliphatic carbocycles. The number of nitrogens with zero attached hydrogens (tertiary/aromatic N) is 4. The second kappa shape index (κ2) is 7.39. The summed E-state index contributed by atoms with van der Waals surface area (Å²) in [7, 11) is 3.48.